The molecule has 0 aliphatic heterocycles. The summed E-state index contributed by atoms with van der Waals surface area (Å²) in [6.07, 6.45) is 5.97. The summed E-state index contributed by atoms with van der Waals surface area (Å²) in [4.78, 5) is 21.7. The van der Waals surface area contributed by atoms with Gasteiger partial charge in [0.25, 0.3) is 0 Å². The molecule has 0 unspecified atom stereocenters. The van der Waals surface area contributed by atoms with Gasteiger partial charge in [-0.05, 0) is 60.0 Å². The van der Waals surface area contributed by atoms with Crippen molar-refractivity contribution in [1.29, 1.82) is 0 Å². The predicted molar refractivity (Wildman–Crippen MR) is 120 cm³/mol. The van der Waals surface area contributed by atoms with Gasteiger partial charge in [-0.1, -0.05) is 43.2 Å². The number of hydrogen-bond acceptors (Lipinski definition) is 8. The highest BCUT2D eigenvalue weighted by molar-refractivity contribution is 8.76. The Morgan fingerprint density at radius 3 is 1.54 bits per heavy atom. The topological polar surface area (TPSA) is 72.8 Å². The van der Waals surface area contributed by atoms with E-state index >= 15 is 0 Å². The number of hydrogen-bond donors (Lipinski definition) is 1. The van der Waals surface area contributed by atoms with E-state index in [1.807, 2.05) is 30.9 Å². The molecule has 0 aromatic rings. The van der Waals surface area contributed by atoms with Crippen molar-refractivity contribution < 1.29 is 24.2 Å². The number of ether oxygens (including phenoxy) is 2. The van der Waals surface area contributed by atoms with Gasteiger partial charge in [-0.3, -0.25) is 4.79 Å². The number of carboxylic acid groups (broad SMARTS) is 1. The fraction of sp³-hybridized carbons (Fsp3) is 0.882. The summed E-state index contributed by atoms with van der Waals surface area (Å²) in [7, 11) is 7.05. The molecule has 1 N–H and O–H groups in total. The maximum Gasteiger partial charge on any atom is 0.335 e. The first-order chi connectivity index (χ1) is 12.0. The van der Waals surface area contributed by atoms with E-state index in [-0.39, 0.29) is 5.78 Å². The Bertz CT molecular complexity index is 353. The molecule has 0 spiro atoms. The molecule has 0 amide bonds. The van der Waals surface area contributed by atoms with Crippen molar-refractivity contribution >= 4 is 54.9 Å². The van der Waals surface area contributed by atoms with Gasteiger partial charge in [0.2, 0.25) is 0 Å². The minimum atomic E-state index is -1.05. The van der Waals surface area contributed by atoms with Crippen LogP contribution in [0.5, 0.6) is 0 Å². The normalized spacial score (nSPS) is 11.7. The van der Waals surface area contributed by atoms with Crippen molar-refractivity contribution in [3.63, 3.8) is 0 Å². The molecule has 0 heterocycles. The Kier molecular flexibility index (Phi) is 18.1. The fourth-order valence-electron chi connectivity index (χ4n) is 1.22. The van der Waals surface area contributed by atoms with Crippen LogP contribution in [0.3, 0.4) is 0 Å². The van der Waals surface area contributed by atoms with Gasteiger partial charge in [-0.15, -0.1) is 0 Å². The van der Waals surface area contributed by atoms with Crippen LogP contribution >= 0.6 is 43.2 Å². The number of carbonyl (C=O) groups excluding carboxylic acids is 1. The van der Waals surface area contributed by atoms with Crippen molar-refractivity contribution in [2.45, 2.75) is 58.7 Å². The quantitative estimate of drug-likeness (QED) is 0.292. The fourth-order valence-corrected chi connectivity index (χ4v) is 3.73. The van der Waals surface area contributed by atoms with E-state index in [4.69, 9.17) is 14.6 Å². The van der Waals surface area contributed by atoms with Crippen LogP contribution in [0.1, 0.15) is 47.5 Å². The number of carboxylic acids is 1. The summed E-state index contributed by atoms with van der Waals surface area (Å²) in [6, 6.07) is 0. The van der Waals surface area contributed by atoms with Crippen LogP contribution in [0.2, 0.25) is 0 Å². The van der Waals surface area contributed by atoms with E-state index in [0.717, 1.165) is 24.3 Å². The van der Waals surface area contributed by atoms with Crippen molar-refractivity contribution in [3.05, 3.63) is 0 Å². The van der Waals surface area contributed by atoms with Crippen LogP contribution in [0.4, 0.5) is 0 Å². The van der Waals surface area contributed by atoms with Crippen molar-refractivity contribution in [3.8, 4) is 0 Å². The molecule has 0 saturated heterocycles. The summed E-state index contributed by atoms with van der Waals surface area (Å²) < 4.78 is 10.7. The van der Waals surface area contributed by atoms with Gasteiger partial charge in [0.05, 0.1) is 0 Å². The van der Waals surface area contributed by atoms with E-state index in [1.165, 1.54) is 0 Å². The van der Waals surface area contributed by atoms with Gasteiger partial charge in [0, 0.05) is 24.7 Å². The van der Waals surface area contributed by atoms with Crippen LogP contribution in [-0.4, -0.2) is 65.3 Å². The first-order valence-corrected chi connectivity index (χ1v) is 13.8. The Hall–Kier alpha value is 0.460. The van der Waals surface area contributed by atoms with Crippen LogP contribution < -0.4 is 0 Å². The monoisotopic (exact) mass is 446 g/mol. The molecule has 0 atom stereocenters. The van der Waals surface area contributed by atoms with E-state index < -0.39 is 17.2 Å². The molecule has 26 heavy (non-hydrogen) atoms. The SMILES string of the molecule is CSSCCCOC(C)(C)C(=O)O.CSSCCCOC(C)(C)C(C)=O. The minimum absolute atomic E-state index is 0.0880. The zero-order valence-electron chi connectivity index (χ0n) is 17.0. The van der Waals surface area contributed by atoms with Crippen LogP contribution in [-0.2, 0) is 19.1 Å². The molecular weight excluding hydrogens is 412 g/mol. The van der Waals surface area contributed by atoms with Gasteiger partial charge in [0.15, 0.2) is 11.4 Å². The van der Waals surface area contributed by atoms with Crippen LogP contribution in [0, 0.1) is 0 Å². The Labute approximate surface area is 174 Å². The molecule has 5 nitrogen and oxygen atoms in total. The molecule has 0 radical (unpaired) electrons. The van der Waals surface area contributed by atoms with Gasteiger partial charge in [-0.25, -0.2) is 4.79 Å². The minimum Gasteiger partial charge on any atom is -0.479 e. The number of rotatable bonds is 14. The molecule has 0 aromatic carbocycles. The predicted octanol–water partition coefficient (Wildman–Crippen LogP) is 5.04. The molecule has 0 bridgehead atoms. The zero-order valence-corrected chi connectivity index (χ0v) is 20.2. The summed E-state index contributed by atoms with van der Waals surface area (Å²) >= 11 is 0. The van der Waals surface area contributed by atoms with E-state index in [9.17, 15) is 9.59 Å². The second-order valence-electron chi connectivity index (χ2n) is 6.26. The number of ketones is 1. The third-order valence-corrected chi connectivity index (χ3v) is 7.06. The van der Waals surface area contributed by atoms with Crippen LogP contribution in [0.25, 0.3) is 0 Å². The molecule has 0 rings (SSSR count). The van der Waals surface area contributed by atoms with E-state index in [2.05, 4.69) is 6.26 Å². The first kappa shape index (κ1) is 28.7. The van der Waals surface area contributed by atoms with Crippen LogP contribution in [0.15, 0.2) is 0 Å². The Morgan fingerprint density at radius 2 is 1.23 bits per heavy atom. The molecular formula is C17H34O5S4. The molecule has 0 saturated carbocycles. The maximum absolute atomic E-state index is 11.1. The molecule has 0 aliphatic carbocycles. The Morgan fingerprint density at radius 1 is 0.846 bits per heavy atom. The van der Waals surface area contributed by atoms with Crippen molar-refractivity contribution in [2.75, 3.05) is 37.2 Å². The zero-order chi connectivity index (χ0) is 20.6. The Balaban J connectivity index is 0. The number of carbonyl (C=O) groups is 2. The second-order valence-corrected chi connectivity index (χ2v) is 11.6. The van der Waals surface area contributed by atoms with Gasteiger partial charge >= 0.3 is 5.97 Å². The van der Waals surface area contributed by atoms with Crippen molar-refractivity contribution in [2.24, 2.45) is 0 Å². The largest absolute Gasteiger partial charge is 0.479 e. The number of Topliss-reactive ketones (excluding diaryl/α,β-unsaturated/α-hetero) is 1. The van der Waals surface area contributed by atoms with Gasteiger partial charge < -0.3 is 14.6 Å². The van der Waals surface area contributed by atoms with Gasteiger partial charge in [0.1, 0.15) is 5.60 Å². The lowest BCUT2D eigenvalue weighted by molar-refractivity contribution is -0.161. The van der Waals surface area contributed by atoms with Gasteiger partial charge in [-0.2, -0.15) is 0 Å². The third-order valence-electron chi connectivity index (χ3n) is 3.27. The summed E-state index contributed by atoms with van der Waals surface area (Å²) in [6.45, 7) is 9.51. The molecule has 0 aromatic heterocycles. The lowest BCUT2D eigenvalue weighted by atomic mass is 10.1. The first-order valence-electron chi connectivity index (χ1n) is 8.34. The van der Waals surface area contributed by atoms with E-state index in [0.29, 0.717) is 13.2 Å². The number of aliphatic carboxylic acids is 1. The smallest absolute Gasteiger partial charge is 0.335 e. The molecule has 156 valence electrons. The lowest BCUT2D eigenvalue weighted by Crippen LogP contribution is -2.35. The molecule has 0 aliphatic rings. The van der Waals surface area contributed by atoms with E-state index in [1.54, 1.807) is 53.2 Å². The highest BCUT2D eigenvalue weighted by Gasteiger charge is 2.27. The third kappa shape index (κ3) is 16.6. The molecule has 0 fully saturated rings. The highest BCUT2D eigenvalue weighted by atomic mass is 33.1. The summed E-state index contributed by atoms with van der Waals surface area (Å²) in [5.74, 6) is 1.25. The highest BCUT2D eigenvalue weighted by Crippen LogP contribution is 2.19. The van der Waals surface area contributed by atoms with Crippen molar-refractivity contribution in [1.82, 2.24) is 0 Å². The average Bonchev–Trinajstić information content (AvgIpc) is 2.54. The maximum atomic E-state index is 11.1. The summed E-state index contributed by atoms with van der Waals surface area (Å²) in [5.41, 5.74) is -1.66. The second kappa shape index (κ2) is 16.4. The average molecular weight is 447 g/mol. The lowest BCUT2D eigenvalue weighted by Gasteiger charge is -2.21. The molecule has 9 heteroatoms. The standard InChI is InChI=1S/C9H18O2S2.C8H16O3S2/c1-8(10)9(2,3)11-6-5-7-13-12-4;1-8(2,7(9)10)11-5-4-6-13-12-3/h5-7H2,1-4H3;4-6H2,1-3H3,(H,9,10). The summed E-state index contributed by atoms with van der Waals surface area (Å²) in [5, 5.41) is 8.71.